The van der Waals surface area contributed by atoms with Crippen LogP contribution in [0.15, 0.2) is 9.98 Å². The van der Waals surface area contributed by atoms with E-state index < -0.39 is 5.60 Å². The molecule has 1 atom stereocenters. The Morgan fingerprint density at radius 2 is 1.95 bits per heavy atom. The molecule has 116 valence electrons. The van der Waals surface area contributed by atoms with Crippen molar-refractivity contribution in [2.45, 2.75) is 52.8 Å². The highest BCUT2D eigenvalue weighted by molar-refractivity contribution is 5.71. The summed E-state index contributed by atoms with van der Waals surface area (Å²) in [6, 6.07) is 0. The number of hydrogen-bond acceptors (Lipinski definition) is 3. The lowest BCUT2D eigenvalue weighted by molar-refractivity contribution is 0.0184. The zero-order valence-corrected chi connectivity index (χ0v) is 13.8. The van der Waals surface area contributed by atoms with Gasteiger partial charge in [0.05, 0.1) is 6.34 Å². The van der Waals surface area contributed by atoms with Gasteiger partial charge in [0, 0.05) is 20.6 Å². The number of nitrogens with zero attached hydrogens (tertiary/aromatic N) is 4. The van der Waals surface area contributed by atoms with Crippen LogP contribution in [0.4, 0.5) is 4.79 Å². The summed E-state index contributed by atoms with van der Waals surface area (Å²) in [4.78, 5) is 23.8. The number of rotatable bonds is 6. The van der Waals surface area contributed by atoms with Crippen molar-refractivity contribution in [2.24, 2.45) is 9.98 Å². The third-order valence-corrected chi connectivity index (χ3v) is 2.19. The molecular formula is C14H28N4O2. The molecule has 0 aromatic rings. The van der Waals surface area contributed by atoms with Crippen LogP contribution in [-0.4, -0.2) is 61.0 Å². The summed E-state index contributed by atoms with van der Waals surface area (Å²) < 4.78 is 5.38. The Labute approximate surface area is 122 Å². The van der Waals surface area contributed by atoms with Crippen molar-refractivity contribution in [1.29, 1.82) is 0 Å². The Bertz CT molecular complexity index is 346. The molecule has 0 aliphatic rings. The van der Waals surface area contributed by atoms with Gasteiger partial charge in [0.1, 0.15) is 18.1 Å². The van der Waals surface area contributed by atoms with Crippen LogP contribution < -0.4 is 0 Å². The van der Waals surface area contributed by atoms with Gasteiger partial charge in [0.15, 0.2) is 0 Å². The lowest BCUT2D eigenvalue weighted by Crippen LogP contribution is -2.41. The van der Waals surface area contributed by atoms with Gasteiger partial charge in [-0.3, -0.25) is 4.90 Å². The molecule has 0 saturated carbocycles. The first-order valence-corrected chi connectivity index (χ1v) is 6.88. The molecule has 6 nitrogen and oxygen atoms in total. The first-order chi connectivity index (χ1) is 9.17. The number of ether oxygens (including phenoxy) is 1. The van der Waals surface area contributed by atoms with Gasteiger partial charge in [-0.15, -0.1) is 0 Å². The molecule has 6 heteroatoms. The van der Waals surface area contributed by atoms with Gasteiger partial charge in [-0.1, -0.05) is 6.92 Å². The number of hydrogen-bond donors (Lipinski definition) is 0. The quantitative estimate of drug-likeness (QED) is 0.556. The van der Waals surface area contributed by atoms with E-state index >= 15 is 0 Å². The molecule has 0 N–H and O–H groups in total. The molecule has 20 heavy (non-hydrogen) atoms. The van der Waals surface area contributed by atoms with Gasteiger partial charge in [0.2, 0.25) is 0 Å². The standard InChI is InChI=1S/C14H28N4O2/c1-8-9-18(13(19)20-14(3,4)5)12(2)16-10-15-11-17(6)7/h10-12H,8-9H2,1-7H3. The number of carbonyl (C=O) groups excluding carboxylic acids is 1. The van der Waals surface area contributed by atoms with Crippen LogP contribution in [0.2, 0.25) is 0 Å². The molecule has 0 rings (SSSR count). The van der Waals surface area contributed by atoms with Crippen molar-refractivity contribution in [3.8, 4) is 0 Å². The van der Waals surface area contributed by atoms with Gasteiger partial charge < -0.3 is 9.64 Å². The van der Waals surface area contributed by atoms with E-state index in [1.165, 1.54) is 6.34 Å². The molecule has 0 heterocycles. The topological polar surface area (TPSA) is 57.5 Å². The van der Waals surface area contributed by atoms with Crippen LogP contribution >= 0.6 is 0 Å². The summed E-state index contributed by atoms with van der Waals surface area (Å²) in [6.07, 6.45) is 3.30. The monoisotopic (exact) mass is 284 g/mol. The average molecular weight is 284 g/mol. The minimum Gasteiger partial charge on any atom is -0.444 e. The lowest BCUT2D eigenvalue weighted by Gasteiger charge is -2.29. The molecule has 1 amide bonds. The fourth-order valence-electron chi connectivity index (χ4n) is 1.37. The number of carbonyl (C=O) groups is 1. The summed E-state index contributed by atoms with van der Waals surface area (Å²) in [5.41, 5.74) is -0.504. The molecule has 0 fully saturated rings. The van der Waals surface area contributed by atoms with E-state index in [2.05, 4.69) is 9.98 Å². The van der Waals surface area contributed by atoms with Crippen LogP contribution in [0.5, 0.6) is 0 Å². The third-order valence-electron chi connectivity index (χ3n) is 2.19. The molecule has 0 aromatic carbocycles. The van der Waals surface area contributed by atoms with E-state index in [1.807, 2.05) is 53.6 Å². The number of amides is 1. The lowest BCUT2D eigenvalue weighted by atomic mass is 10.2. The van der Waals surface area contributed by atoms with Crippen LogP contribution in [-0.2, 0) is 4.74 Å². The molecule has 0 aromatic heterocycles. The van der Waals surface area contributed by atoms with Crippen LogP contribution in [0.3, 0.4) is 0 Å². The van der Waals surface area contributed by atoms with E-state index in [0.717, 1.165) is 6.42 Å². The highest BCUT2D eigenvalue weighted by Crippen LogP contribution is 2.12. The number of aliphatic imine (C=N–C) groups is 2. The molecule has 0 radical (unpaired) electrons. The largest absolute Gasteiger partial charge is 0.444 e. The fourth-order valence-corrected chi connectivity index (χ4v) is 1.37. The van der Waals surface area contributed by atoms with Crippen molar-refractivity contribution in [1.82, 2.24) is 9.80 Å². The molecule has 1 unspecified atom stereocenters. The Hall–Kier alpha value is -1.59. The molecule has 0 saturated heterocycles. The highest BCUT2D eigenvalue weighted by atomic mass is 16.6. The fraction of sp³-hybridized carbons (Fsp3) is 0.786. The van der Waals surface area contributed by atoms with Gasteiger partial charge in [-0.05, 0) is 34.1 Å². The normalized spacial score (nSPS) is 13.8. The molecule has 0 bridgehead atoms. The summed E-state index contributed by atoms with van der Waals surface area (Å²) in [5, 5.41) is 0. The minimum absolute atomic E-state index is 0.302. The van der Waals surface area contributed by atoms with Crippen molar-refractivity contribution in [3.63, 3.8) is 0 Å². The first-order valence-electron chi connectivity index (χ1n) is 6.88. The molecule has 0 aliphatic heterocycles. The SMILES string of the molecule is CCCN(C(=O)OC(C)(C)C)C(C)N=CN=CN(C)C. The minimum atomic E-state index is -0.504. The van der Waals surface area contributed by atoms with Crippen molar-refractivity contribution < 1.29 is 9.53 Å². The second kappa shape index (κ2) is 8.55. The Balaban J connectivity index is 4.69. The smallest absolute Gasteiger partial charge is 0.411 e. The second-order valence-corrected chi connectivity index (χ2v) is 5.80. The zero-order valence-electron chi connectivity index (χ0n) is 13.8. The summed E-state index contributed by atoms with van der Waals surface area (Å²) in [5.74, 6) is 0. The van der Waals surface area contributed by atoms with Gasteiger partial charge in [-0.25, -0.2) is 14.8 Å². The molecular weight excluding hydrogens is 256 g/mol. The second-order valence-electron chi connectivity index (χ2n) is 5.80. The Morgan fingerprint density at radius 3 is 2.40 bits per heavy atom. The van der Waals surface area contributed by atoms with Crippen LogP contribution in [0.1, 0.15) is 41.0 Å². The molecule has 0 aliphatic carbocycles. The summed E-state index contributed by atoms with van der Waals surface area (Å²) >= 11 is 0. The third kappa shape index (κ3) is 8.50. The van der Waals surface area contributed by atoms with E-state index in [9.17, 15) is 4.79 Å². The Kier molecular flexibility index (Phi) is 7.87. The predicted molar refractivity (Wildman–Crippen MR) is 83.4 cm³/mol. The van der Waals surface area contributed by atoms with Gasteiger partial charge in [-0.2, -0.15) is 0 Å². The van der Waals surface area contributed by atoms with Crippen molar-refractivity contribution >= 4 is 18.8 Å². The summed E-state index contributed by atoms with van der Waals surface area (Å²) in [7, 11) is 3.76. The predicted octanol–water partition coefficient (Wildman–Crippen LogP) is 2.60. The maximum atomic E-state index is 12.1. The first kappa shape index (κ1) is 18.4. The van der Waals surface area contributed by atoms with Gasteiger partial charge in [0.25, 0.3) is 0 Å². The van der Waals surface area contributed by atoms with Gasteiger partial charge >= 0.3 is 6.09 Å². The highest BCUT2D eigenvalue weighted by Gasteiger charge is 2.24. The van der Waals surface area contributed by atoms with E-state index in [1.54, 1.807) is 11.2 Å². The van der Waals surface area contributed by atoms with E-state index in [4.69, 9.17) is 4.74 Å². The summed E-state index contributed by atoms with van der Waals surface area (Å²) in [6.45, 7) is 10.0. The average Bonchev–Trinajstić information content (AvgIpc) is 2.28. The van der Waals surface area contributed by atoms with Crippen molar-refractivity contribution in [3.05, 3.63) is 0 Å². The van der Waals surface area contributed by atoms with Crippen LogP contribution in [0.25, 0.3) is 0 Å². The molecule has 0 spiro atoms. The Morgan fingerprint density at radius 1 is 1.35 bits per heavy atom. The van der Waals surface area contributed by atoms with E-state index in [0.29, 0.717) is 6.54 Å². The van der Waals surface area contributed by atoms with E-state index in [-0.39, 0.29) is 12.3 Å². The maximum Gasteiger partial charge on any atom is 0.411 e. The zero-order chi connectivity index (χ0) is 15.8. The van der Waals surface area contributed by atoms with Crippen molar-refractivity contribution in [2.75, 3.05) is 20.6 Å². The van der Waals surface area contributed by atoms with Crippen LogP contribution in [0, 0.1) is 0 Å². The maximum absolute atomic E-state index is 12.1.